The van der Waals surface area contributed by atoms with E-state index in [1.165, 1.54) is 24.2 Å². The Labute approximate surface area is 168 Å². The first-order valence-corrected chi connectivity index (χ1v) is 10.3. The summed E-state index contributed by atoms with van der Waals surface area (Å²) in [5, 5.41) is 5.44. The highest BCUT2D eigenvalue weighted by molar-refractivity contribution is 7.13. The van der Waals surface area contributed by atoms with Crippen LogP contribution in [0.25, 0.3) is 10.6 Å². The second-order valence-corrected chi connectivity index (χ2v) is 7.41. The molecule has 2 aromatic heterocycles. The fourth-order valence-electron chi connectivity index (χ4n) is 3.16. The molecule has 28 heavy (non-hydrogen) atoms. The van der Waals surface area contributed by atoms with Crippen molar-refractivity contribution in [2.45, 2.75) is 19.8 Å². The van der Waals surface area contributed by atoms with Crippen LogP contribution in [-0.2, 0) is 0 Å². The van der Waals surface area contributed by atoms with Crippen molar-refractivity contribution in [2.24, 2.45) is 0 Å². The average molecular weight is 395 g/mol. The molecule has 0 radical (unpaired) electrons. The average Bonchev–Trinajstić information content (AvgIpc) is 3.42. The van der Waals surface area contributed by atoms with Crippen LogP contribution < -0.4 is 15.0 Å². The fourth-order valence-corrected chi connectivity index (χ4v) is 3.97. The van der Waals surface area contributed by atoms with Crippen molar-refractivity contribution in [2.75, 3.05) is 29.9 Å². The van der Waals surface area contributed by atoms with E-state index in [2.05, 4.69) is 20.2 Å². The molecular weight excluding hydrogens is 372 g/mol. The lowest BCUT2D eigenvalue weighted by molar-refractivity contribution is 0.102. The molecule has 144 valence electrons. The van der Waals surface area contributed by atoms with Gasteiger partial charge in [0.1, 0.15) is 22.3 Å². The van der Waals surface area contributed by atoms with Gasteiger partial charge < -0.3 is 15.0 Å². The Hall–Kier alpha value is -2.93. The molecule has 1 aromatic carbocycles. The summed E-state index contributed by atoms with van der Waals surface area (Å²) in [6.07, 6.45) is 4.12. The minimum absolute atomic E-state index is 0.232. The van der Waals surface area contributed by atoms with Crippen molar-refractivity contribution >= 4 is 28.7 Å². The summed E-state index contributed by atoms with van der Waals surface area (Å²) < 4.78 is 5.46. The number of benzene rings is 1. The molecule has 3 aromatic rings. The van der Waals surface area contributed by atoms with Gasteiger partial charge in [0, 0.05) is 24.0 Å². The van der Waals surface area contributed by atoms with E-state index in [0.29, 0.717) is 18.0 Å². The molecule has 1 amide bonds. The highest BCUT2D eigenvalue weighted by Gasteiger charge is 2.15. The molecule has 0 atom stereocenters. The van der Waals surface area contributed by atoms with E-state index < -0.39 is 0 Å². The molecule has 1 aliphatic heterocycles. The normalized spacial score (nSPS) is 13.5. The van der Waals surface area contributed by atoms with Crippen molar-refractivity contribution in [1.29, 1.82) is 0 Å². The maximum atomic E-state index is 12.5. The molecule has 0 bridgehead atoms. The van der Waals surface area contributed by atoms with Crippen LogP contribution >= 0.6 is 11.3 Å². The zero-order chi connectivity index (χ0) is 19.3. The standard InChI is InChI=1S/C21H22N4O2S/c1-2-27-17-8-5-15(6-9-17)21-24-18(14-28-21)20(26)23-16-7-10-19(22-13-16)25-11-3-4-12-25/h5-10,13-14H,2-4,11-12H2,1H3,(H,23,26). The summed E-state index contributed by atoms with van der Waals surface area (Å²) in [7, 11) is 0. The Morgan fingerprint density at radius 3 is 2.64 bits per heavy atom. The molecule has 0 saturated carbocycles. The summed E-state index contributed by atoms with van der Waals surface area (Å²) in [5.41, 5.74) is 2.03. The van der Waals surface area contributed by atoms with Crippen LogP contribution in [0.1, 0.15) is 30.3 Å². The first-order chi connectivity index (χ1) is 13.7. The van der Waals surface area contributed by atoms with E-state index in [1.807, 2.05) is 43.3 Å². The molecule has 0 aliphatic carbocycles. The number of rotatable bonds is 6. The van der Waals surface area contributed by atoms with E-state index >= 15 is 0 Å². The van der Waals surface area contributed by atoms with Crippen molar-refractivity contribution < 1.29 is 9.53 Å². The van der Waals surface area contributed by atoms with Gasteiger partial charge in [-0.25, -0.2) is 9.97 Å². The molecular formula is C21H22N4O2S. The summed E-state index contributed by atoms with van der Waals surface area (Å²) in [6.45, 7) is 4.68. The number of amides is 1. The fraction of sp³-hybridized carbons (Fsp3) is 0.286. The largest absolute Gasteiger partial charge is 0.494 e. The van der Waals surface area contributed by atoms with E-state index in [1.54, 1.807) is 11.6 Å². The minimum atomic E-state index is -0.232. The van der Waals surface area contributed by atoms with Gasteiger partial charge in [0.2, 0.25) is 0 Å². The maximum Gasteiger partial charge on any atom is 0.275 e. The number of thiazole rings is 1. The van der Waals surface area contributed by atoms with Crippen LogP contribution in [0.4, 0.5) is 11.5 Å². The summed E-state index contributed by atoms with van der Waals surface area (Å²) >= 11 is 1.44. The first-order valence-electron chi connectivity index (χ1n) is 9.44. The number of carbonyl (C=O) groups excluding carboxylic acids is 1. The summed E-state index contributed by atoms with van der Waals surface area (Å²) in [4.78, 5) is 23.7. The maximum absolute atomic E-state index is 12.5. The van der Waals surface area contributed by atoms with Crippen LogP contribution in [0.5, 0.6) is 5.75 Å². The summed E-state index contributed by atoms with van der Waals surface area (Å²) in [6, 6.07) is 11.6. The zero-order valence-electron chi connectivity index (χ0n) is 15.7. The number of aromatic nitrogens is 2. The Kier molecular flexibility index (Phi) is 5.53. The van der Waals surface area contributed by atoms with Gasteiger partial charge in [-0.1, -0.05) is 0 Å². The third kappa shape index (κ3) is 4.14. The Bertz CT molecular complexity index is 932. The molecule has 1 aliphatic rings. The topological polar surface area (TPSA) is 67.3 Å². The van der Waals surface area contributed by atoms with Gasteiger partial charge in [0.15, 0.2) is 0 Å². The number of nitrogens with one attached hydrogen (secondary N) is 1. The second kappa shape index (κ2) is 8.39. The van der Waals surface area contributed by atoms with Crippen LogP contribution in [-0.4, -0.2) is 35.6 Å². The summed E-state index contributed by atoms with van der Waals surface area (Å²) in [5.74, 6) is 1.55. The smallest absolute Gasteiger partial charge is 0.275 e. The Morgan fingerprint density at radius 2 is 1.96 bits per heavy atom. The van der Waals surface area contributed by atoms with Gasteiger partial charge >= 0.3 is 0 Å². The van der Waals surface area contributed by atoms with Gasteiger partial charge in [-0.2, -0.15) is 0 Å². The molecule has 1 saturated heterocycles. The predicted molar refractivity (Wildman–Crippen MR) is 112 cm³/mol. The molecule has 3 heterocycles. The number of hydrogen-bond donors (Lipinski definition) is 1. The molecule has 0 spiro atoms. The highest BCUT2D eigenvalue weighted by atomic mass is 32.1. The van der Waals surface area contributed by atoms with Gasteiger partial charge in [-0.15, -0.1) is 11.3 Å². The number of nitrogens with zero attached hydrogens (tertiary/aromatic N) is 3. The van der Waals surface area contributed by atoms with Crippen LogP contribution in [0, 0.1) is 0 Å². The lowest BCUT2D eigenvalue weighted by Crippen LogP contribution is -2.19. The zero-order valence-corrected chi connectivity index (χ0v) is 16.5. The van der Waals surface area contributed by atoms with Crippen molar-refractivity contribution in [3.05, 3.63) is 53.7 Å². The van der Waals surface area contributed by atoms with Crippen molar-refractivity contribution in [3.8, 4) is 16.3 Å². The van der Waals surface area contributed by atoms with Crippen molar-refractivity contribution in [3.63, 3.8) is 0 Å². The molecule has 6 nitrogen and oxygen atoms in total. The predicted octanol–water partition coefficient (Wildman–Crippen LogP) is 4.46. The SMILES string of the molecule is CCOc1ccc(-c2nc(C(=O)Nc3ccc(N4CCCC4)nc3)cs2)cc1. The third-order valence-electron chi connectivity index (χ3n) is 4.58. The Balaban J connectivity index is 1.41. The van der Waals surface area contributed by atoms with Crippen LogP contribution in [0.15, 0.2) is 48.0 Å². The number of anilines is 2. The second-order valence-electron chi connectivity index (χ2n) is 6.55. The third-order valence-corrected chi connectivity index (χ3v) is 5.48. The number of pyridine rings is 1. The highest BCUT2D eigenvalue weighted by Crippen LogP contribution is 2.26. The van der Waals surface area contributed by atoms with Gasteiger partial charge in [-0.05, 0) is 56.2 Å². The van der Waals surface area contributed by atoms with E-state index in [4.69, 9.17) is 4.74 Å². The number of hydrogen-bond acceptors (Lipinski definition) is 6. The number of carbonyl (C=O) groups is 1. The van der Waals surface area contributed by atoms with E-state index in [9.17, 15) is 4.79 Å². The molecule has 0 unspecified atom stereocenters. The van der Waals surface area contributed by atoms with Gasteiger partial charge in [0.05, 0.1) is 18.5 Å². The van der Waals surface area contributed by atoms with Crippen LogP contribution in [0.3, 0.4) is 0 Å². The number of ether oxygens (including phenoxy) is 1. The van der Waals surface area contributed by atoms with Gasteiger partial charge in [-0.3, -0.25) is 4.79 Å². The van der Waals surface area contributed by atoms with Gasteiger partial charge in [0.25, 0.3) is 5.91 Å². The quantitative estimate of drug-likeness (QED) is 0.669. The lowest BCUT2D eigenvalue weighted by Gasteiger charge is -2.16. The molecule has 1 N–H and O–H groups in total. The van der Waals surface area contributed by atoms with E-state index in [0.717, 1.165) is 35.2 Å². The van der Waals surface area contributed by atoms with E-state index in [-0.39, 0.29) is 5.91 Å². The lowest BCUT2D eigenvalue weighted by atomic mass is 10.2. The van der Waals surface area contributed by atoms with Crippen LogP contribution in [0.2, 0.25) is 0 Å². The first kappa shape index (κ1) is 18.4. The molecule has 1 fully saturated rings. The minimum Gasteiger partial charge on any atom is -0.494 e. The monoisotopic (exact) mass is 394 g/mol. The van der Waals surface area contributed by atoms with Crippen molar-refractivity contribution in [1.82, 2.24) is 9.97 Å². The Morgan fingerprint density at radius 1 is 1.18 bits per heavy atom. The molecule has 7 heteroatoms. The molecule has 4 rings (SSSR count).